The molecule has 0 bridgehead atoms. The number of hydrogen-bond donors (Lipinski definition) is 1. The summed E-state index contributed by atoms with van der Waals surface area (Å²) < 4.78 is 0. The number of thiophene rings is 1. The smallest absolute Gasteiger partial charge is 0.254 e. The number of carbonyl (C=O) groups is 1. The highest BCUT2D eigenvalue weighted by atomic mass is 32.1. The Bertz CT molecular complexity index is 1130. The van der Waals surface area contributed by atoms with Crippen molar-refractivity contribution in [3.05, 3.63) is 79.9 Å². The standard InChI is InChI=1S/C24H27N5O2S/c30-22(13-18-7-12-32-16-18)29-10-2-1-3-21(29)23-26-20-15-28(11-6-19(20)24(31)27-23)14-17-4-8-25-9-5-17/h4-5,7-9,12,16,21H,1-3,6,10-11,13-15H2,(H,26,27,31)/t21-/m0/s1. The predicted molar refractivity (Wildman–Crippen MR) is 123 cm³/mol. The summed E-state index contributed by atoms with van der Waals surface area (Å²) in [7, 11) is 0. The van der Waals surface area contributed by atoms with Crippen LogP contribution in [-0.2, 0) is 30.7 Å². The molecule has 0 saturated carbocycles. The molecule has 5 heterocycles. The van der Waals surface area contributed by atoms with E-state index in [0.29, 0.717) is 31.8 Å². The van der Waals surface area contributed by atoms with E-state index in [1.165, 1.54) is 5.56 Å². The van der Waals surface area contributed by atoms with Gasteiger partial charge in [-0.15, -0.1) is 0 Å². The molecule has 1 amide bonds. The van der Waals surface area contributed by atoms with Gasteiger partial charge in [0.25, 0.3) is 5.56 Å². The van der Waals surface area contributed by atoms with Crippen molar-refractivity contribution < 1.29 is 4.79 Å². The number of carbonyl (C=O) groups excluding carboxylic acids is 1. The molecule has 1 atom stereocenters. The van der Waals surface area contributed by atoms with Gasteiger partial charge >= 0.3 is 0 Å². The Labute approximate surface area is 191 Å². The van der Waals surface area contributed by atoms with E-state index >= 15 is 0 Å². The molecular formula is C24H27N5O2S. The molecule has 0 aromatic carbocycles. The average molecular weight is 450 g/mol. The molecule has 3 aromatic heterocycles. The number of nitrogens with zero attached hydrogens (tertiary/aromatic N) is 4. The molecule has 0 spiro atoms. The van der Waals surface area contributed by atoms with Crippen LogP contribution in [0.5, 0.6) is 0 Å². The summed E-state index contributed by atoms with van der Waals surface area (Å²) in [6.45, 7) is 2.99. The zero-order valence-electron chi connectivity index (χ0n) is 18.0. The third kappa shape index (κ3) is 4.52. The fraction of sp³-hybridized carbons (Fsp3) is 0.417. The number of aromatic amines is 1. The minimum Gasteiger partial charge on any atom is -0.332 e. The molecule has 32 heavy (non-hydrogen) atoms. The first-order valence-electron chi connectivity index (χ1n) is 11.2. The van der Waals surface area contributed by atoms with Crippen LogP contribution in [0.2, 0.25) is 0 Å². The Morgan fingerprint density at radius 3 is 2.84 bits per heavy atom. The van der Waals surface area contributed by atoms with Gasteiger partial charge in [-0.05, 0) is 65.8 Å². The molecular weight excluding hydrogens is 422 g/mol. The molecule has 7 nitrogen and oxygen atoms in total. The van der Waals surface area contributed by atoms with Crippen LogP contribution in [0.15, 0.2) is 46.1 Å². The summed E-state index contributed by atoms with van der Waals surface area (Å²) in [6.07, 6.45) is 7.54. The van der Waals surface area contributed by atoms with Crippen molar-refractivity contribution in [3.8, 4) is 0 Å². The van der Waals surface area contributed by atoms with Crippen molar-refractivity contribution >= 4 is 17.2 Å². The van der Waals surface area contributed by atoms with Gasteiger partial charge < -0.3 is 9.88 Å². The lowest BCUT2D eigenvalue weighted by Crippen LogP contribution is -2.42. The molecule has 5 rings (SSSR count). The van der Waals surface area contributed by atoms with Gasteiger partial charge in [-0.25, -0.2) is 4.98 Å². The fourth-order valence-electron chi connectivity index (χ4n) is 4.74. The van der Waals surface area contributed by atoms with Crippen LogP contribution >= 0.6 is 11.3 Å². The summed E-state index contributed by atoms with van der Waals surface area (Å²) in [5.74, 6) is 0.741. The van der Waals surface area contributed by atoms with E-state index < -0.39 is 0 Å². The van der Waals surface area contributed by atoms with E-state index in [9.17, 15) is 9.59 Å². The van der Waals surface area contributed by atoms with Crippen LogP contribution < -0.4 is 5.56 Å². The third-order valence-corrected chi connectivity index (χ3v) is 7.13. The Balaban J connectivity index is 1.37. The number of fused-ring (bicyclic) bond motifs is 1. The minimum atomic E-state index is -0.163. The number of pyridine rings is 1. The number of hydrogen-bond acceptors (Lipinski definition) is 6. The highest BCUT2D eigenvalue weighted by molar-refractivity contribution is 7.08. The zero-order valence-corrected chi connectivity index (χ0v) is 18.8. The van der Waals surface area contributed by atoms with Gasteiger partial charge in [0.1, 0.15) is 5.82 Å². The number of rotatable bonds is 5. The third-order valence-electron chi connectivity index (χ3n) is 6.40. The first-order valence-corrected chi connectivity index (χ1v) is 12.2. The molecule has 166 valence electrons. The summed E-state index contributed by atoms with van der Waals surface area (Å²) >= 11 is 1.60. The Morgan fingerprint density at radius 1 is 1.16 bits per heavy atom. The number of amides is 1. The molecule has 3 aromatic rings. The van der Waals surface area contributed by atoms with E-state index in [0.717, 1.165) is 49.2 Å². The second-order valence-electron chi connectivity index (χ2n) is 8.60. The van der Waals surface area contributed by atoms with Gasteiger partial charge in [0, 0.05) is 44.1 Å². The molecule has 2 aliphatic rings. The van der Waals surface area contributed by atoms with E-state index in [4.69, 9.17) is 4.98 Å². The van der Waals surface area contributed by atoms with Crippen molar-refractivity contribution in [3.63, 3.8) is 0 Å². The highest BCUT2D eigenvalue weighted by Crippen LogP contribution is 2.30. The van der Waals surface area contributed by atoms with Crippen LogP contribution in [0.3, 0.4) is 0 Å². The maximum absolute atomic E-state index is 13.1. The number of H-pyrrole nitrogens is 1. The number of likely N-dealkylation sites (tertiary alicyclic amines) is 1. The fourth-order valence-corrected chi connectivity index (χ4v) is 5.40. The topological polar surface area (TPSA) is 82.2 Å². The Kier molecular flexibility index (Phi) is 6.14. The van der Waals surface area contributed by atoms with Gasteiger partial charge in [-0.1, -0.05) is 0 Å². The molecule has 1 saturated heterocycles. The maximum Gasteiger partial charge on any atom is 0.254 e. The van der Waals surface area contributed by atoms with Crippen LogP contribution in [0.4, 0.5) is 0 Å². The van der Waals surface area contributed by atoms with Crippen LogP contribution in [0.25, 0.3) is 0 Å². The van der Waals surface area contributed by atoms with Gasteiger partial charge in [0.2, 0.25) is 5.91 Å². The van der Waals surface area contributed by atoms with Gasteiger partial charge in [0.15, 0.2) is 0 Å². The summed E-state index contributed by atoms with van der Waals surface area (Å²) in [5, 5.41) is 4.02. The molecule has 0 radical (unpaired) electrons. The van der Waals surface area contributed by atoms with Crippen molar-refractivity contribution in [1.29, 1.82) is 0 Å². The molecule has 8 heteroatoms. The maximum atomic E-state index is 13.1. The van der Waals surface area contributed by atoms with E-state index in [-0.39, 0.29) is 17.5 Å². The normalized spacial score (nSPS) is 19.0. The molecule has 2 aliphatic heterocycles. The number of nitrogens with one attached hydrogen (secondary N) is 1. The van der Waals surface area contributed by atoms with E-state index in [1.54, 1.807) is 23.7 Å². The van der Waals surface area contributed by atoms with Crippen molar-refractivity contribution in [2.45, 2.75) is 51.2 Å². The van der Waals surface area contributed by atoms with Gasteiger partial charge in [0.05, 0.1) is 18.2 Å². The predicted octanol–water partition coefficient (Wildman–Crippen LogP) is 3.08. The first kappa shape index (κ1) is 21.0. The van der Waals surface area contributed by atoms with Crippen molar-refractivity contribution in [2.75, 3.05) is 13.1 Å². The molecule has 1 fully saturated rings. The minimum absolute atomic E-state index is 0.0515. The van der Waals surface area contributed by atoms with Crippen LogP contribution in [0.1, 0.15) is 53.5 Å². The molecule has 0 aliphatic carbocycles. The first-order chi connectivity index (χ1) is 15.7. The number of piperidine rings is 1. The largest absolute Gasteiger partial charge is 0.332 e. The zero-order chi connectivity index (χ0) is 21.9. The van der Waals surface area contributed by atoms with E-state index in [1.807, 2.05) is 33.9 Å². The van der Waals surface area contributed by atoms with Gasteiger partial charge in [-0.3, -0.25) is 19.5 Å². The van der Waals surface area contributed by atoms with Crippen LogP contribution in [0, 0.1) is 0 Å². The monoisotopic (exact) mass is 449 g/mol. The lowest BCUT2D eigenvalue weighted by Gasteiger charge is -2.36. The van der Waals surface area contributed by atoms with Crippen molar-refractivity contribution in [2.24, 2.45) is 0 Å². The van der Waals surface area contributed by atoms with Gasteiger partial charge in [-0.2, -0.15) is 11.3 Å². The summed E-state index contributed by atoms with van der Waals surface area (Å²) in [6, 6.07) is 5.87. The molecule has 0 unspecified atom stereocenters. The Hall–Kier alpha value is -2.84. The Morgan fingerprint density at radius 2 is 2.03 bits per heavy atom. The molecule has 1 N–H and O–H groups in total. The second kappa shape index (κ2) is 9.34. The van der Waals surface area contributed by atoms with Crippen molar-refractivity contribution in [1.82, 2.24) is 24.8 Å². The summed E-state index contributed by atoms with van der Waals surface area (Å²) in [5.41, 5.74) is 3.82. The number of aromatic nitrogens is 3. The van der Waals surface area contributed by atoms with E-state index in [2.05, 4.69) is 14.9 Å². The SMILES string of the molecule is O=C(Cc1ccsc1)N1CCCC[C@H]1c1nc2c(c(=O)[nH]1)CCN(Cc1ccncc1)C2. The average Bonchev–Trinajstić information content (AvgIpc) is 3.32. The lowest BCUT2D eigenvalue weighted by molar-refractivity contribution is -0.134. The summed E-state index contributed by atoms with van der Waals surface area (Å²) in [4.78, 5) is 42.2. The highest BCUT2D eigenvalue weighted by Gasteiger charge is 2.31. The second-order valence-corrected chi connectivity index (χ2v) is 9.38. The lowest BCUT2D eigenvalue weighted by atomic mass is 9.99. The quantitative estimate of drug-likeness (QED) is 0.647. The van der Waals surface area contributed by atoms with Crippen LogP contribution in [-0.4, -0.2) is 43.7 Å².